The molecule has 0 unspecified atom stereocenters. The van der Waals surface area contributed by atoms with Crippen molar-refractivity contribution in [3.05, 3.63) is 70.9 Å². The molecule has 0 saturated carbocycles. The second-order valence-electron chi connectivity index (χ2n) is 8.31. The fraction of sp³-hybridized carbons (Fsp3) is 0.375. The molecule has 2 heterocycles. The van der Waals surface area contributed by atoms with E-state index in [1.54, 1.807) is 23.4 Å². The largest absolute Gasteiger partial charge is 0.362 e. The number of rotatable bonds is 8. The molecule has 1 aliphatic rings. The number of hydrogen-bond acceptors (Lipinski definition) is 4. The number of fused-ring (bicyclic) bond motifs is 1. The highest BCUT2D eigenvalue weighted by Crippen LogP contribution is 2.28. The Hall–Kier alpha value is -2.64. The van der Waals surface area contributed by atoms with Gasteiger partial charge in [-0.2, -0.15) is 0 Å². The molecule has 0 amide bonds. The van der Waals surface area contributed by atoms with E-state index in [4.69, 9.17) is 0 Å². The van der Waals surface area contributed by atoms with E-state index in [2.05, 4.69) is 10.3 Å². The van der Waals surface area contributed by atoms with Crippen LogP contribution in [-0.4, -0.2) is 47.9 Å². The van der Waals surface area contributed by atoms with Crippen LogP contribution in [0.2, 0.25) is 0 Å². The van der Waals surface area contributed by atoms with Crippen LogP contribution in [0.4, 0.5) is 18.9 Å². The first kappa shape index (κ1) is 23.0. The van der Waals surface area contributed by atoms with Gasteiger partial charge in [-0.25, -0.2) is 13.2 Å². The summed E-state index contributed by atoms with van der Waals surface area (Å²) in [6.07, 6.45) is 8.32. The molecule has 1 aliphatic heterocycles. The highest BCUT2D eigenvalue weighted by molar-refractivity contribution is 5.75. The maximum absolute atomic E-state index is 14.6. The van der Waals surface area contributed by atoms with Gasteiger partial charge in [0.2, 0.25) is 0 Å². The fourth-order valence-corrected chi connectivity index (χ4v) is 3.86. The van der Waals surface area contributed by atoms with E-state index in [1.165, 1.54) is 6.20 Å². The molecule has 0 atom stereocenters. The van der Waals surface area contributed by atoms with Crippen LogP contribution in [-0.2, 0) is 13.1 Å². The van der Waals surface area contributed by atoms with Gasteiger partial charge < -0.3 is 10.2 Å². The van der Waals surface area contributed by atoms with Crippen LogP contribution >= 0.6 is 0 Å². The van der Waals surface area contributed by atoms with Crippen molar-refractivity contribution >= 4 is 17.3 Å². The molecule has 3 rings (SSSR count). The molecule has 31 heavy (non-hydrogen) atoms. The molecular weight excluding hydrogens is 401 g/mol. The summed E-state index contributed by atoms with van der Waals surface area (Å²) >= 11 is 0. The third-order valence-electron chi connectivity index (χ3n) is 5.09. The number of hydrogen-bond donors (Lipinski definition) is 1. The van der Waals surface area contributed by atoms with Gasteiger partial charge in [-0.15, -0.1) is 0 Å². The van der Waals surface area contributed by atoms with E-state index in [0.717, 1.165) is 29.3 Å². The Balaban J connectivity index is 1.73. The number of allylic oxidation sites excluding steroid dienone is 1. The first-order chi connectivity index (χ1) is 14.7. The predicted molar refractivity (Wildman–Crippen MR) is 120 cm³/mol. The Morgan fingerprint density at radius 2 is 1.97 bits per heavy atom. The number of likely N-dealkylation sites (N-methyl/N-ethyl adjacent to an activating group) is 1. The summed E-state index contributed by atoms with van der Waals surface area (Å²) in [5.74, 6) is -3.07. The van der Waals surface area contributed by atoms with Crippen molar-refractivity contribution < 1.29 is 13.2 Å². The zero-order valence-electron chi connectivity index (χ0n) is 18.4. The molecule has 2 aromatic rings. The van der Waals surface area contributed by atoms with Crippen molar-refractivity contribution in [2.45, 2.75) is 32.9 Å². The molecule has 0 fully saturated rings. The third kappa shape index (κ3) is 6.18. The summed E-state index contributed by atoms with van der Waals surface area (Å²) in [5, 5.41) is 3.20. The third-order valence-corrected chi connectivity index (χ3v) is 5.09. The number of nitrogens with one attached hydrogen (secondary N) is 1. The summed E-state index contributed by atoms with van der Waals surface area (Å²) in [4.78, 5) is 7.73. The average molecular weight is 431 g/mol. The van der Waals surface area contributed by atoms with Crippen LogP contribution in [0.3, 0.4) is 0 Å². The Bertz CT molecular complexity index is 977. The first-order valence-corrected chi connectivity index (χ1v) is 10.2. The molecule has 0 aliphatic carbocycles. The van der Waals surface area contributed by atoms with Gasteiger partial charge in [0.1, 0.15) is 5.82 Å². The maximum atomic E-state index is 14.6. The minimum Gasteiger partial charge on any atom is -0.362 e. The number of anilines is 1. The molecule has 4 nitrogen and oxygen atoms in total. The smallest absolute Gasteiger partial charge is 0.257 e. The van der Waals surface area contributed by atoms with Gasteiger partial charge >= 0.3 is 0 Å². The topological polar surface area (TPSA) is 31.4 Å². The summed E-state index contributed by atoms with van der Waals surface area (Å²) in [5.41, 5.74) is 5.06. The van der Waals surface area contributed by atoms with Crippen LogP contribution in [0.15, 0.2) is 42.9 Å². The van der Waals surface area contributed by atoms with E-state index in [-0.39, 0.29) is 12.4 Å². The Morgan fingerprint density at radius 3 is 2.65 bits per heavy atom. The Morgan fingerprint density at radius 1 is 1.23 bits per heavy atom. The predicted octanol–water partition coefficient (Wildman–Crippen LogP) is 5.24. The van der Waals surface area contributed by atoms with Crippen molar-refractivity contribution in [3.8, 4) is 0 Å². The molecule has 7 heteroatoms. The number of alkyl halides is 2. The lowest BCUT2D eigenvalue weighted by molar-refractivity contribution is -0.0156. The molecule has 0 spiro atoms. The van der Waals surface area contributed by atoms with Crippen LogP contribution in [0, 0.1) is 5.82 Å². The Kier molecular flexibility index (Phi) is 7.18. The highest BCUT2D eigenvalue weighted by atomic mass is 19.3. The number of halogens is 3. The lowest BCUT2D eigenvalue weighted by Crippen LogP contribution is -2.30. The minimum atomic E-state index is -2.71. The highest BCUT2D eigenvalue weighted by Gasteiger charge is 2.29. The zero-order chi connectivity index (χ0) is 22.6. The molecule has 1 aromatic carbocycles. The molecule has 0 bridgehead atoms. The fourth-order valence-electron chi connectivity index (χ4n) is 3.86. The Labute approximate surface area is 182 Å². The summed E-state index contributed by atoms with van der Waals surface area (Å²) in [6.45, 7) is 4.24. The number of benzene rings is 1. The van der Waals surface area contributed by atoms with Crippen molar-refractivity contribution in [2.75, 3.05) is 32.5 Å². The van der Waals surface area contributed by atoms with Gasteiger partial charge in [-0.1, -0.05) is 12.1 Å². The lowest BCUT2D eigenvalue weighted by atomic mass is 10.0. The number of pyridine rings is 1. The molecule has 0 saturated heterocycles. The quantitative estimate of drug-likeness (QED) is 0.621. The van der Waals surface area contributed by atoms with Gasteiger partial charge in [0, 0.05) is 55.8 Å². The first-order valence-electron chi connectivity index (χ1n) is 10.2. The average Bonchev–Trinajstić information content (AvgIpc) is 3.06. The number of nitrogens with zero attached hydrogens (tertiary/aromatic N) is 3. The van der Waals surface area contributed by atoms with Crippen molar-refractivity contribution in [1.29, 1.82) is 0 Å². The van der Waals surface area contributed by atoms with Crippen molar-refractivity contribution in [3.63, 3.8) is 0 Å². The van der Waals surface area contributed by atoms with Gasteiger partial charge in [-0.3, -0.25) is 9.88 Å². The van der Waals surface area contributed by atoms with Crippen LogP contribution in [0.25, 0.3) is 11.6 Å². The van der Waals surface area contributed by atoms with Gasteiger partial charge in [0.05, 0.1) is 12.7 Å². The van der Waals surface area contributed by atoms with Gasteiger partial charge in [-0.05, 0) is 55.9 Å². The number of aromatic nitrogens is 1. The van der Waals surface area contributed by atoms with Crippen molar-refractivity contribution in [2.24, 2.45) is 0 Å². The summed E-state index contributed by atoms with van der Waals surface area (Å²) in [7, 11) is 3.88. The lowest BCUT2D eigenvalue weighted by Gasteiger charge is -2.19. The molecule has 166 valence electrons. The van der Waals surface area contributed by atoms with Crippen LogP contribution in [0.1, 0.15) is 36.1 Å². The monoisotopic (exact) mass is 430 g/mol. The van der Waals surface area contributed by atoms with Gasteiger partial charge in [0.25, 0.3) is 5.92 Å². The van der Waals surface area contributed by atoms with Gasteiger partial charge in [0.15, 0.2) is 0 Å². The van der Waals surface area contributed by atoms with E-state index in [9.17, 15) is 13.2 Å². The molecule has 1 N–H and O–H groups in total. The minimum absolute atomic E-state index is 0.250. The van der Waals surface area contributed by atoms with Crippen molar-refractivity contribution in [1.82, 2.24) is 14.8 Å². The second-order valence-corrected chi connectivity index (χ2v) is 8.31. The van der Waals surface area contributed by atoms with E-state index in [1.807, 2.05) is 50.2 Å². The van der Waals surface area contributed by atoms with E-state index >= 15 is 0 Å². The standard InChI is InChI=1S/C24H29F3N4/c1-5-17(13-30(3)4)23-18(11-28-12-22(23)25)8-9-29-21-7-6-19-14-31(15-20(19)10-21)16-24(2,26)27/h5-12,29H,13-16H2,1-4H3/b9-8+,17-5+. The van der Waals surface area contributed by atoms with Crippen LogP contribution in [0.5, 0.6) is 0 Å². The molecule has 0 radical (unpaired) electrons. The summed E-state index contributed by atoms with van der Waals surface area (Å²) in [6, 6.07) is 5.86. The second kappa shape index (κ2) is 9.66. The zero-order valence-corrected chi connectivity index (χ0v) is 18.4. The van der Waals surface area contributed by atoms with Crippen LogP contribution < -0.4 is 5.32 Å². The van der Waals surface area contributed by atoms with E-state index < -0.39 is 5.92 Å². The SMILES string of the molecule is C/C=C(\CN(C)C)c1c(F)cncc1/C=C/Nc1ccc2c(c1)CN(CC(C)(F)F)C2. The summed E-state index contributed by atoms with van der Waals surface area (Å²) < 4.78 is 41.2. The normalized spacial score (nSPS) is 15.2. The van der Waals surface area contributed by atoms with E-state index in [0.29, 0.717) is 30.8 Å². The maximum Gasteiger partial charge on any atom is 0.257 e. The molecule has 1 aromatic heterocycles. The molecular formula is C24H29F3N4.